The summed E-state index contributed by atoms with van der Waals surface area (Å²) in [5.41, 5.74) is 0.892. The van der Waals surface area contributed by atoms with Crippen LogP contribution in [0.3, 0.4) is 0 Å². The van der Waals surface area contributed by atoms with E-state index in [9.17, 15) is 5.11 Å². The van der Waals surface area contributed by atoms with Gasteiger partial charge in [0.15, 0.2) is 0 Å². The third-order valence-corrected chi connectivity index (χ3v) is 2.19. The maximum Gasteiger partial charge on any atom is 0.134 e. The maximum absolute atomic E-state index is 9.55. The molecule has 0 spiro atoms. The number of rotatable bonds is 4. The van der Waals surface area contributed by atoms with Crippen LogP contribution in [0.2, 0.25) is 0 Å². The summed E-state index contributed by atoms with van der Waals surface area (Å²) in [7, 11) is 2.00. The molecule has 0 aromatic carbocycles. The second kappa shape index (κ2) is 4.96. The van der Waals surface area contributed by atoms with Crippen molar-refractivity contribution in [3.63, 3.8) is 0 Å². The summed E-state index contributed by atoms with van der Waals surface area (Å²) >= 11 is 0. The van der Waals surface area contributed by atoms with Crippen LogP contribution in [0.5, 0.6) is 0 Å². The largest absolute Gasteiger partial charge is 0.389 e. The van der Waals surface area contributed by atoms with E-state index in [0.29, 0.717) is 0 Å². The Morgan fingerprint density at radius 1 is 1.57 bits per heavy atom. The zero-order valence-corrected chi connectivity index (χ0v) is 9.07. The van der Waals surface area contributed by atoms with Gasteiger partial charge in [-0.3, -0.25) is 0 Å². The van der Waals surface area contributed by atoms with Crippen molar-refractivity contribution in [3.8, 4) is 0 Å². The molecule has 1 aromatic heterocycles. The summed E-state index contributed by atoms with van der Waals surface area (Å²) in [5, 5.41) is 9.55. The van der Waals surface area contributed by atoms with Gasteiger partial charge in [-0.25, -0.2) is 4.98 Å². The highest BCUT2D eigenvalue weighted by atomic mass is 16.3. The second-order valence-electron chi connectivity index (χ2n) is 3.51. The molecule has 0 amide bonds. The highest BCUT2D eigenvalue weighted by molar-refractivity contribution is 5.46. The Labute approximate surface area is 85.4 Å². The first-order chi connectivity index (χ1) is 6.66. The van der Waals surface area contributed by atoms with Crippen LogP contribution in [0.15, 0.2) is 18.3 Å². The van der Waals surface area contributed by atoms with Crippen molar-refractivity contribution < 1.29 is 5.11 Å². The van der Waals surface area contributed by atoms with E-state index in [1.807, 2.05) is 19.2 Å². The Kier molecular flexibility index (Phi) is 3.89. The number of aliphatic hydroxyl groups is 1. The van der Waals surface area contributed by atoms with Crippen LogP contribution in [-0.4, -0.2) is 23.7 Å². The topological polar surface area (TPSA) is 36.4 Å². The van der Waals surface area contributed by atoms with Gasteiger partial charge in [0.05, 0.1) is 6.10 Å². The number of aromatic nitrogens is 1. The molecule has 3 nitrogen and oxygen atoms in total. The van der Waals surface area contributed by atoms with Crippen molar-refractivity contribution in [2.45, 2.75) is 26.4 Å². The van der Waals surface area contributed by atoms with Crippen molar-refractivity contribution in [2.75, 3.05) is 18.5 Å². The van der Waals surface area contributed by atoms with Gasteiger partial charge in [-0.15, -0.1) is 0 Å². The molecule has 0 aliphatic rings. The monoisotopic (exact) mass is 194 g/mol. The Bertz CT molecular complexity index is 286. The van der Waals surface area contributed by atoms with E-state index >= 15 is 0 Å². The van der Waals surface area contributed by atoms with Crippen LogP contribution in [0.25, 0.3) is 0 Å². The number of hydrogen-bond donors (Lipinski definition) is 1. The molecule has 0 aliphatic heterocycles. The van der Waals surface area contributed by atoms with E-state index in [-0.39, 0.29) is 0 Å². The Morgan fingerprint density at radius 2 is 2.29 bits per heavy atom. The molecule has 1 N–H and O–H groups in total. The average molecular weight is 194 g/mol. The lowest BCUT2D eigenvalue weighted by Crippen LogP contribution is -2.21. The van der Waals surface area contributed by atoms with Gasteiger partial charge in [0.2, 0.25) is 0 Å². The molecule has 1 aromatic rings. The van der Waals surface area contributed by atoms with Gasteiger partial charge in [-0.2, -0.15) is 0 Å². The molecule has 0 radical (unpaired) electrons. The minimum atomic E-state index is -0.460. The summed E-state index contributed by atoms with van der Waals surface area (Å²) in [4.78, 5) is 6.36. The van der Waals surface area contributed by atoms with E-state index < -0.39 is 6.10 Å². The summed E-state index contributed by atoms with van der Waals surface area (Å²) in [6.45, 7) is 4.85. The molecular formula is C11H18N2O. The number of anilines is 1. The van der Waals surface area contributed by atoms with Gasteiger partial charge in [-0.1, -0.05) is 13.0 Å². The normalized spacial score (nSPS) is 12.6. The molecule has 1 atom stereocenters. The fourth-order valence-electron chi connectivity index (χ4n) is 1.50. The number of hydrogen-bond acceptors (Lipinski definition) is 3. The summed E-state index contributed by atoms with van der Waals surface area (Å²) in [6, 6.07) is 3.77. The standard InChI is InChI=1S/C11H18N2O/c1-4-8-13(3)11-10(9(2)14)6-5-7-12-11/h5-7,9,14H,4,8H2,1-3H3/t9-/m0/s1. The van der Waals surface area contributed by atoms with Crippen LogP contribution in [-0.2, 0) is 0 Å². The van der Waals surface area contributed by atoms with Gasteiger partial charge >= 0.3 is 0 Å². The molecule has 0 saturated heterocycles. The highest BCUT2D eigenvalue weighted by Gasteiger charge is 2.11. The van der Waals surface area contributed by atoms with Crippen molar-refractivity contribution in [1.29, 1.82) is 0 Å². The second-order valence-corrected chi connectivity index (χ2v) is 3.51. The van der Waals surface area contributed by atoms with Crippen molar-refractivity contribution in [2.24, 2.45) is 0 Å². The maximum atomic E-state index is 9.55. The predicted molar refractivity (Wildman–Crippen MR) is 58.4 cm³/mol. The lowest BCUT2D eigenvalue weighted by atomic mass is 10.1. The van der Waals surface area contributed by atoms with Crippen molar-refractivity contribution in [3.05, 3.63) is 23.9 Å². The first-order valence-corrected chi connectivity index (χ1v) is 5.01. The molecule has 1 rings (SSSR count). The van der Waals surface area contributed by atoms with Crippen LogP contribution in [0.4, 0.5) is 5.82 Å². The molecule has 78 valence electrons. The van der Waals surface area contributed by atoms with E-state index in [1.54, 1.807) is 13.1 Å². The Balaban J connectivity index is 2.94. The third-order valence-electron chi connectivity index (χ3n) is 2.19. The van der Waals surface area contributed by atoms with Gasteiger partial charge in [0, 0.05) is 25.4 Å². The van der Waals surface area contributed by atoms with Crippen LogP contribution < -0.4 is 4.90 Å². The molecule has 0 fully saturated rings. The van der Waals surface area contributed by atoms with E-state index in [2.05, 4.69) is 16.8 Å². The number of pyridine rings is 1. The van der Waals surface area contributed by atoms with E-state index in [0.717, 1.165) is 24.3 Å². The molecule has 0 aliphatic carbocycles. The molecule has 1 heterocycles. The fraction of sp³-hybridized carbons (Fsp3) is 0.545. The van der Waals surface area contributed by atoms with Crippen molar-refractivity contribution >= 4 is 5.82 Å². The van der Waals surface area contributed by atoms with Crippen molar-refractivity contribution in [1.82, 2.24) is 4.98 Å². The minimum Gasteiger partial charge on any atom is -0.389 e. The average Bonchev–Trinajstić information content (AvgIpc) is 2.18. The molecular weight excluding hydrogens is 176 g/mol. The van der Waals surface area contributed by atoms with Gasteiger partial charge in [-0.05, 0) is 19.4 Å². The lowest BCUT2D eigenvalue weighted by molar-refractivity contribution is 0.199. The quantitative estimate of drug-likeness (QED) is 0.796. The van der Waals surface area contributed by atoms with Gasteiger partial charge in [0.1, 0.15) is 5.82 Å². The van der Waals surface area contributed by atoms with Crippen LogP contribution in [0.1, 0.15) is 31.9 Å². The molecule has 14 heavy (non-hydrogen) atoms. The smallest absolute Gasteiger partial charge is 0.134 e. The van der Waals surface area contributed by atoms with Gasteiger partial charge < -0.3 is 10.0 Å². The first-order valence-electron chi connectivity index (χ1n) is 5.01. The van der Waals surface area contributed by atoms with Crippen LogP contribution in [0, 0.1) is 0 Å². The SMILES string of the molecule is CCCN(C)c1ncccc1[C@H](C)O. The number of aliphatic hydroxyl groups excluding tert-OH is 1. The van der Waals surface area contributed by atoms with E-state index in [4.69, 9.17) is 0 Å². The Morgan fingerprint density at radius 3 is 2.86 bits per heavy atom. The van der Waals surface area contributed by atoms with E-state index in [1.165, 1.54) is 0 Å². The lowest BCUT2D eigenvalue weighted by Gasteiger charge is -2.21. The zero-order chi connectivity index (χ0) is 10.6. The Hall–Kier alpha value is -1.09. The molecule has 3 heteroatoms. The summed E-state index contributed by atoms with van der Waals surface area (Å²) in [6.07, 6.45) is 2.37. The highest BCUT2D eigenvalue weighted by Crippen LogP contribution is 2.22. The molecule has 0 saturated carbocycles. The minimum absolute atomic E-state index is 0.460. The molecule has 0 unspecified atom stereocenters. The fourth-order valence-corrected chi connectivity index (χ4v) is 1.50. The van der Waals surface area contributed by atoms with Crippen LogP contribution >= 0.6 is 0 Å². The summed E-state index contributed by atoms with van der Waals surface area (Å²) in [5.74, 6) is 0.879. The third kappa shape index (κ3) is 2.45. The number of nitrogens with zero attached hydrogens (tertiary/aromatic N) is 2. The van der Waals surface area contributed by atoms with Gasteiger partial charge in [0.25, 0.3) is 0 Å². The zero-order valence-electron chi connectivity index (χ0n) is 9.07. The predicted octanol–water partition coefficient (Wildman–Crippen LogP) is 1.98. The first kappa shape index (κ1) is 11.0. The molecule has 0 bridgehead atoms. The summed E-state index contributed by atoms with van der Waals surface area (Å²) < 4.78 is 0.